The molecule has 5 rings (SSSR count). The van der Waals surface area contributed by atoms with Gasteiger partial charge in [0, 0.05) is 54.4 Å². The van der Waals surface area contributed by atoms with Crippen molar-refractivity contribution in [1.29, 1.82) is 0 Å². The number of nitrogens with zero attached hydrogens (tertiary/aromatic N) is 4. The van der Waals surface area contributed by atoms with Crippen LogP contribution in [0.2, 0.25) is 0 Å². The highest BCUT2D eigenvalue weighted by atomic mass is 16.3. The Morgan fingerprint density at radius 2 is 1.92 bits per heavy atom. The second-order valence-electron chi connectivity index (χ2n) is 12.1. The lowest BCUT2D eigenvalue weighted by Gasteiger charge is -2.51. The molecule has 7 heteroatoms. The van der Waals surface area contributed by atoms with E-state index < -0.39 is 5.60 Å². The van der Waals surface area contributed by atoms with Crippen LogP contribution in [0.25, 0.3) is 0 Å². The molecule has 7 atom stereocenters. The summed E-state index contributed by atoms with van der Waals surface area (Å²) in [5.74, 6) is 2.26. The number of aliphatic imine (C=N–C) groups is 2. The third kappa shape index (κ3) is 5.18. The molecular formula is C29H44N6O. The highest BCUT2D eigenvalue weighted by Crippen LogP contribution is 2.47. The summed E-state index contributed by atoms with van der Waals surface area (Å²) in [4.78, 5) is 13.9. The first-order valence-corrected chi connectivity index (χ1v) is 13.7. The molecule has 2 aliphatic heterocycles. The Bertz CT molecular complexity index is 1000. The van der Waals surface area contributed by atoms with Gasteiger partial charge in [0.2, 0.25) is 0 Å². The van der Waals surface area contributed by atoms with Crippen LogP contribution in [0.1, 0.15) is 52.9 Å². The van der Waals surface area contributed by atoms with Gasteiger partial charge in [0.1, 0.15) is 12.5 Å². The number of rotatable bonds is 7. The first-order chi connectivity index (χ1) is 17.2. The molecular weight excluding hydrogens is 448 g/mol. The van der Waals surface area contributed by atoms with Gasteiger partial charge in [0.05, 0.1) is 5.60 Å². The van der Waals surface area contributed by atoms with Crippen LogP contribution in [0.15, 0.2) is 46.0 Å². The van der Waals surface area contributed by atoms with Gasteiger partial charge < -0.3 is 20.6 Å². The molecule has 4 bridgehead atoms. The van der Waals surface area contributed by atoms with Crippen molar-refractivity contribution >= 4 is 23.9 Å². The van der Waals surface area contributed by atoms with Crippen molar-refractivity contribution in [1.82, 2.24) is 10.2 Å². The number of fused-ring (bicyclic) bond motifs is 4. The van der Waals surface area contributed by atoms with E-state index in [1.165, 1.54) is 18.7 Å². The highest BCUT2D eigenvalue weighted by Gasteiger charge is 2.48. The monoisotopic (exact) mass is 492 g/mol. The first-order valence-electron chi connectivity index (χ1n) is 13.7. The average molecular weight is 493 g/mol. The topological polar surface area (TPSA) is 75.5 Å². The van der Waals surface area contributed by atoms with Gasteiger partial charge in [-0.1, -0.05) is 13.8 Å². The molecule has 0 spiro atoms. The second-order valence-corrected chi connectivity index (χ2v) is 12.1. The van der Waals surface area contributed by atoms with E-state index in [9.17, 15) is 5.11 Å². The maximum Gasteiger partial charge on any atom is 0.127 e. The minimum atomic E-state index is -0.497. The van der Waals surface area contributed by atoms with Crippen molar-refractivity contribution in [2.45, 2.75) is 76.6 Å². The summed E-state index contributed by atoms with van der Waals surface area (Å²) in [6.07, 6.45) is 6.87. The fourth-order valence-electron chi connectivity index (χ4n) is 7.60. The number of likely N-dealkylation sites (N-methyl/N-ethyl adjacent to an activating group) is 1. The molecule has 2 heterocycles. The van der Waals surface area contributed by atoms with E-state index in [1.54, 1.807) is 6.20 Å². The van der Waals surface area contributed by atoms with Crippen LogP contribution >= 0.6 is 0 Å². The van der Waals surface area contributed by atoms with E-state index in [-0.39, 0.29) is 0 Å². The van der Waals surface area contributed by atoms with E-state index in [4.69, 9.17) is 4.99 Å². The van der Waals surface area contributed by atoms with E-state index in [2.05, 4.69) is 77.3 Å². The van der Waals surface area contributed by atoms with E-state index >= 15 is 0 Å². The molecule has 7 unspecified atom stereocenters. The van der Waals surface area contributed by atoms with E-state index in [1.807, 2.05) is 6.92 Å². The number of hydrogen-bond donors (Lipinski definition) is 3. The van der Waals surface area contributed by atoms with Crippen LogP contribution in [-0.4, -0.2) is 73.1 Å². The molecule has 1 aromatic rings. The zero-order chi connectivity index (χ0) is 25.4. The number of aliphatic hydroxyl groups is 1. The number of likely N-dealkylation sites (tertiary alicyclic amines) is 1. The molecule has 4 aliphatic rings. The summed E-state index contributed by atoms with van der Waals surface area (Å²) in [7, 11) is 2.24. The third-order valence-electron chi connectivity index (χ3n) is 9.09. The smallest absolute Gasteiger partial charge is 0.127 e. The molecule has 2 aliphatic carbocycles. The van der Waals surface area contributed by atoms with Gasteiger partial charge in [0.15, 0.2) is 0 Å². The molecule has 0 aromatic heterocycles. The summed E-state index contributed by atoms with van der Waals surface area (Å²) >= 11 is 0. The molecule has 7 nitrogen and oxygen atoms in total. The second kappa shape index (κ2) is 10.2. The molecule has 1 aromatic carbocycles. The van der Waals surface area contributed by atoms with Crippen molar-refractivity contribution in [3.05, 3.63) is 36.0 Å². The number of hydrogen-bond acceptors (Lipinski definition) is 6. The lowest BCUT2D eigenvalue weighted by molar-refractivity contribution is -0.0904. The van der Waals surface area contributed by atoms with Crippen LogP contribution in [0, 0.1) is 17.8 Å². The largest absolute Gasteiger partial charge is 0.390 e. The van der Waals surface area contributed by atoms with Crippen molar-refractivity contribution in [3.63, 3.8) is 0 Å². The van der Waals surface area contributed by atoms with Gasteiger partial charge in [-0.05, 0) is 94.8 Å². The maximum absolute atomic E-state index is 11.1. The number of nitrogens with one attached hydrogen (secondary N) is 2. The zero-order valence-corrected chi connectivity index (χ0v) is 22.5. The van der Waals surface area contributed by atoms with Gasteiger partial charge in [-0.3, -0.25) is 9.89 Å². The predicted octanol–water partition coefficient (Wildman–Crippen LogP) is 4.12. The van der Waals surface area contributed by atoms with E-state index in [0.29, 0.717) is 42.5 Å². The fraction of sp³-hybridized carbons (Fsp3) is 0.655. The molecule has 4 fully saturated rings. The van der Waals surface area contributed by atoms with Crippen LogP contribution in [0.3, 0.4) is 0 Å². The van der Waals surface area contributed by atoms with Crippen LogP contribution in [-0.2, 0) is 0 Å². The van der Waals surface area contributed by atoms with Gasteiger partial charge >= 0.3 is 0 Å². The standard InChI is InChI=1S/C29H44N6O/c1-19-10-22-14-29(36,12-19)13-20(2)27(22)33-28(21(3)15-30-4)32-18-31-23-6-8-24(9-7-23)35-17-25-11-26(35)16-34(25)5/h6-9,15,19-20,22,25-27,31,36H,4,10-14,16-18H2,1-3,5H3,(H,32,33)/b21-15-. The lowest BCUT2D eigenvalue weighted by Crippen LogP contribution is -2.56. The summed E-state index contributed by atoms with van der Waals surface area (Å²) in [6, 6.07) is 10.4. The molecule has 0 amide bonds. The van der Waals surface area contributed by atoms with Gasteiger partial charge in [-0.2, -0.15) is 0 Å². The molecule has 3 N–H and O–H groups in total. The lowest BCUT2D eigenvalue weighted by atomic mass is 9.60. The predicted molar refractivity (Wildman–Crippen MR) is 150 cm³/mol. The van der Waals surface area contributed by atoms with Crippen LogP contribution < -0.4 is 15.5 Å². The minimum Gasteiger partial charge on any atom is -0.390 e. The molecule has 196 valence electrons. The Morgan fingerprint density at radius 1 is 1.14 bits per heavy atom. The van der Waals surface area contributed by atoms with Gasteiger partial charge in [-0.15, -0.1) is 0 Å². The Balaban J connectivity index is 1.23. The summed E-state index contributed by atoms with van der Waals surface area (Å²) in [5.41, 5.74) is 2.87. The fourth-order valence-corrected chi connectivity index (χ4v) is 7.60. The molecule has 2 saturated carbocycles. The van der Waals surface area contributed by atoms with Gasteiger partial charge in [-0.25, -0.2) is 4.99 Å². The Kier molecular flexibility index (Phi) is 7.14. The van der Waals surface area contributed by atoms with Crippen LogP contribution in [0.4, 0.5) is 11.4 Å². The normalized spacial score (nSPS) is 36.8. The minimum absolute atomic E-state index is 0.300. The zero-order valence-electron chi connectivity index (χ0n) is 22.5. The van der Waals surface area contributed by atoms with Crippen molar-refractivity contribution < 1.29 is 5.11 Å². The third-order valence-corrected chi connectivity index (χ3v) is 9.09. The van der Waals surface area contributed by atoms with Crippen molar-refractivity contribution in [3.8, 4) is 0 Å². The maximum atomic E-state index is 11.1. The van der Waals surface area contributed by atoms with Crippen molar-refractivity contribution in [2.75, 3.05) is 37.0 Å². The molecule has 36 heavy (non-hydrogen) atoms. The summed E-state index contributed by atoms with van der Waals surface area (Å²) < 4.78 is 0. The Hall–Kier alpha value is -2.38. The number of anilines is 2. The number of piperazine rings is 1. The SMILES string of the molecule is C=N/C=C(C)\C(=N/CNc1ccc(N2CC3CC2CN3C)cc1)NC1C(C)CC2(O)CC(C)CC1C2. The Labute approximate surface area is 216 Å². The average Bonchev–Trinajstić information content (AvgIpc) is 3.39. The summed E-state index contributed by atoms with van der Waals surface area (Å²) in [6.45, 7) is 13.0. The van der Waals surface area contributed by atoms with Crippen LogP contribution in [0.5, 0.6) is 0 Å². The highest BCUT2D eigenvalue weighted by molar-refractivity contribution is 5.98. The summed E-state index contributed by atoms with van der Waals surface area (Å²) in [5, 5.41) is 18.3. The number of benzene rings is 1. The van der Waals surface area contributed by atoms with Crippen molar-refractivity contribution in [2.24, 2.45) is 27.7 Å². The molecule has 2 saturated heterocycles. The van der Waals surface area contributed by atoms with E-state index in [0.717, 1.165) is 49.3 Å². The first kappa shape index (κ1) is 25.3. The molecule has 0 radical (unpaired) electrons. The quantitative estimate of drug-likeness (QED) is 0.394. The van der Waals surface area contributed by atoms with Gasteiger partial charge in [0.25, 0.3) is 0 Å². The Morgan fingerprint density at radius 3 is 2.58 bits per heavy atom. The number of amidine groups is 1.